The van der Waals surface area contributed by atoms with Crippen molar-refractivity contribution in [2.75, 3.05) is 59.5 Å². The summed E-state index contributed by atoms with van der Waals surface area (Å²) in [6.45, 7) is 3.16. The highest BCUT2D eigenvalue weighted by Crippen LogP contribution is 2.43. The number of nitrogens with zero attached hydrogens (tertiary/aromatic N) is 1. The van der Waals surface area contributed by atoms with Gasteiger partial charge in [-0.1, -0.05) is 90.4 Å². The Bertz CT molecular complexity index is 476. The lowest BCUT2D eigenvalue weighted by Gasteiger charge is -2.24. The van der Waals surface area contributed by atoms with Gasteiger partial charge in [0.25, 0.3) is 0 Å². The van der Waals surface area contributed by atoms with Crippen LogP contribution in [0.25, 0.3) is 0 Å². The molecule has 0 saturated carbocycles. The van der Waals surface area contributed by atoms with Gasteiger partial charge in [-0.25, -0.2) is 4.57 Å². The Morgan fingerprint density at radius 3 is 1.76 bits per heavy atom. The smallest absolute Gasteiger partial charge is 0.378 e. The number of hydrogen-bond acceptors (Lipinski definition) is 5. The molecule has 0 radical (unpaired) electrons. The van der Waals surface area contributed by atoms with Crippen LogP contribution in [-0.2, 0) is 18.3 Å². The summed E-state index contributed by atoms with van der Waals surface area (Å²) in [6, 6.07) is 0. The zero-order valence-electron chi connectivity index (χ0n) is 22.4. The highest BCUT2D eigenvalue weighted by atomic mass is 32.2. The van der Waals surface area contributed by atoms with Crippen LogP contribution in [0.2, 0.25) is 0 Å². The SMILES string of the molecule is CCCCCCCCCCCCCCCCSCC(COP(=O)(O)OCC[N+](C)(C)C)OC. The van der Waals surface area contributed by atoms with Crippen molar-refractivity contribution in [1.29, 1.82) is 0 Å². The minimum absolute atomic E-state index is 0.0698. The van der Waals surface area contributed by atoms with Crippen LogP contribution in [0.4, 0.5) is 0 Å². The third kappa shape index (κ3) is 25.3. The normalized spacial score (nSPS) is 15.0. The lowest BCUT2D eigenvalue weighted by atomic mass is 10.0. The Balaban J connectivity index is 3.53. The van der Waals surface area contributed by atoms with Gasteiger partial charge in [0.05, 0.1) is 33.9 Å². The van der Waals surface area contributed by atoms with Crippen LogP contribution < -0.4 is 0 Å². The fourth-order valence-electron chi connectivity index (χ4n) is 3.44. The van der Waals surface area contributed by atoms with E-state index in [4.69, 9.17) is 13.8 Å². The molecule has 0 spiro atoms. The van der Waals surface area contributed by atoms with Crippen LogP contribution in [-0.4, -0.2) is 75.0 Å². The molecule has 0 aliphatic heterocycles. The maximum absolute atomic E-state index is 12.0. The average molecular weight is 513 g/mol. The van der Waals surface area contributed by atoms with Gasteiger partial charge in [0.15, 0.2) is 0 Å². The number of likely N-dealkylation sites (N-methyl/N-ethyl adjacent to an activating group) is 1. The number of phosphoric acid groups is 1. The minimum atomic E-state index is -4.02. The van der Waals surface area contributed by atoms with Crippen LogP contribution in [0.5, 0.6) is 0 Å². The predicted molar refractivity (Wildman–Crippen MR) is 143 cm³/mol. The van der Waals surface area contributed by atoms with Crippen LogP contribution in [0.1, 0.15) is 96.8 Å². The van der Waals surface area contributed by atoms with Crippen LogP contribution in [0.3, 0.4) is 0 Å². The number of unbranched alkanes of at least 4 members (excludes halogenated alkanes) is 13. The van der Waals surface area contributed by atoms with Gasteiger partial charge in [-0.3, -0.25) is 9.05 Å². The van der Waals surface area contributed by atoms with Gasteiger partial charge < -0.3 is 14.1 Å². The van der Waals surface area contributed by atoms with Crippen molar-refractivity contribution in [1.82, 2.24) is 0 Å². The number of methoxy groups -OCH3 is 1. The maximum Gasteiger partial charge on any atom is 0.472 e. The molecule has 0 saturated heterocycles. The summed E-state index contributed by atoms with van der Waals surface area (Å²) in [4.78, 5) is 9.81. The third-order valence-electron chi connectivity index (χ3n) is 5.72. The summed E-state index contributed by atoms with van der Waals surface area (Å²) >= 11 is 1.82. The first kappa shape index (κ1) is 33.4. The summed E-state index contributed by atoms with van der Waals surface area (Å²) < 4.78 is 28.2. The molecule has 0 aliphatic carbocycles. The van der Waals surface area contributed by atoms with Gasteiger partial charge in [0.1, 0.15) is 13.2 Å². The van der Waals surface area contributed by atoms with Crippen LogP contribution in [0, 0.1) is 0 Å². The van der Waals surface area contributed by atoms with E-state index in [0.29, 0.717) is 11.0 Å². The Morgan fingerprint density at radius 2 is 1.30 bits per heavy atom. The summed E-state index contributed by atoms with van der Waals surface area (Å²) in [5, 5.41) is 0. The monoisotopic (exact) mass is 512 g/mol. The first-order valence-electron chi connectivity index (χ1n) is 13.2. The van der Waals surface area contributed by atoms with Gasteiger partial charge in [-0.2, -0.15) is 11.8 Å². The van der Waals surface area contributed by atoms with Crippen LogP contribution >= 0.6 is 19.6 Å². The molecular formula is C25H55NO5PS+. The molecular weight excluding hydrogens is 457 g/mol. The number of rotatable bonds is 25. The van der Waals surface area contributed by atoms with Crippen LogP contribution in [0.15, 0.2) is 0 Å². The molecule has 1 N–H and O–H groups in total. The molecule has 0 heterocycles. The fourth-order valence-corrected chi connectivity index (χ4v) is 5.25. The van der Waals surface area contributed by atoms with Crippen molar-refractivity contribution < 1.29 is 27.7 Å². The van der Waals surface area contributed by atoms with E-state index in [0.717, 1.165) is 11.5 Å². The summed E-state index contributed by atoms with van der Waals surface area (Å²) in [7, 11) is 3.60. The van der Waals surface area contributed by atoms with Crippen molar-refractivity contribution in [3.8, 4) is 0 Å². The quantitative estimate of drug-likeness (QED) is 0.0803. The van der Waals surface area contributed by atoms with Crippen molar-refractivity contribution in [3.05, 3.63) is 0 Å². The molecule has 33 heavy (non-hydrogen) atoms. The Hall–Kier alpha value is 0.380. The average Bonchev–Trinajstić information content (AvgIpc) is 2.74. The van der Waals surface area contributed by atoms with E-state index in [-0.39, 0.29) is 19.3 Å². The van der Waals surface area contributed by atoms with E-state index in [9.17, 15) is 9.46 Å². The molecule has 0 aromatic heterocycles. The molecule has 0 aliphatic rings. The second-order valence-electron chi connectivity index (χ2n) is 10.1. The minimum Gasteiger partial charge on any atom is -0.378 e. The zero-order chi connectivity index (χ0) is 24.8. The standard InChI is InChI=1S/C25H54NO5PS/c1-6-7-8-9-10-11-12-13-14-15-16-17-18-19-22-33-24-25(29-5)23-31-32(27,28)30-21-20-26(2,3)4/h25H,6-24H2,1-5H3/p+1. The summed E-state index contributed by atoms with van der Waals surface area (Å²) in [5.41, 5.74) is 0. The van der Waals surface area contributed by atoms with Gasteiger partial charge in [0, 0.05) is 12.9 Å². The molecule has 0 fully saturated rings. The molecule has 8 heteroatoms. The maximum atomic E-state index is 12.0. The molecule has 0 aromatic rings. The van der Waals surface area contributed by atoms with E-state index < -0.39 is 7.82 Å². The van der Waals surface area contributed by atoms with Crippen molar-refractivity contribution in [3.63, 3.8) is 0 Å². The number of quaternary nitrogens is 1. The van der Waals surface area contributed by atoms with E-state index in [2.05, 4.69) is 6.92 Å². The molecule has 0 bridgehead atoms. The first-order chi connectivity index (χ1) is 15.7. The second-order valence-corrected chi connectivity index (χ2v) is 12.7. The number of phosphoric ester groups is 1. The molecule has 2 unspecified atom stereocenters. The van der Waals surface area contributed by atoms with E-state index in [1.807, 2.05) is 32.9 Å². The topological polar surface area (TPSA) is 65.0 Å². The molecule has 0 aromatic carbocycles. The van der Waals surface area contributed by atoms with Gasteiger partial charge in [-0.15, -0.1) is 0 Å². The molecule has 0 amide bonds. The number of ether oxygens (including phenoxy) is 1. The summed E-state index contributed by atoms with van der Waals surface area (Å²) in [5.74, 6) is 1.85. The molecule has 200 valence electrons. The van der Waals surface area contributed by atoms with Crippen molar-refractivity contribution in [2.24, 2.45) is 0 Å². The Labute approximate surface area is 209 Å². The van der Waals surface area contributed by atoms with E-state index in [1.54, 1.807) is 7.11 Å². The first-order valence-corrected chi connectivity index (χ1v) is 15.9. The number of thioether (sulfide) groups is 1. The lowest BCUT2D eigenvalue weighted by molar-refractivity contribution is -0.870. The number of hydrogen-bond donors (Lipinski definition) is 1. The Kier molecular flexibility index (Phi) is 21.9. The van der Waals surface area contributed by atoms with Gasteiger partial charge in [0.2, 0.25) is 0 Å². The van der Waals surface area contributed by atoms with Gasteiger partial charge >= 0.3 is 7.82 Å². The largest absolute Gasteiger partial charge is 0.472 e. The highest BCUT2D eigenvalue weighted by molar-refractivity contribution is 7.99. The van der Waals surface area contributed by atoms with E-state index in [1.165, 1.54) is 89.9 Å². The second kappa shape index (κ2) is 21.6. The zero-order valence-corrected chi connectivity index (χ0v) is 24.1. The highest BCUT2D eigenvalue weighted by Gasteiger charge is 2.24. The predicted octanol–water partition coefficient (Wildman–Crippen LogP) is 7.06. The fraction of sp³-hybridized carbons (Fsp3) is 1.00. The Morgan fingerprint density at radius 1 is 0.818 bits per heavy atom. The lowest BCUT2D eigenvalue weighted by Crippen LogP contribution is -2.37. The van der Waals surface area contributed by atoms with Crippen molar-refractivity contribution in [2.45, 2.75) is 103 Å². The third-order valence-corrected chi connectivity index (χ3v) is 7.89. The summed E-state index contributed by atoms with van der Waals surface area (Å²) in [6.07, 6.45) is 19.0. The molecule has 6 nitrogen and oxygen atoms in total. The molecule has 2 atom stereocenters. The molecule has 0 rings (SSSR count). The van der Waals surface area contributed by atoms with E-state index >= 15 is 0 Å². The van der Waals surface area contributed by atoms with Crippen molar-refractivity contribution >= 4 is 19.6 Å². The van der Waals surface area contributed by atoms with Gasteiger partial charge in [-0.05, 0) is 12.2 Å².